The van der Waals surface area contributed by atoms with E-state index in [-0.39, 0.29) is 24.0 Å². The zero-order chi connectivity index (χ0) is 19.1. The lowest BCUT2D eigenvalue weighted by Crippen LogP contribution is -2.52. The van der Waals surface area contributed by atoms with E-state index in [1.165, 1.54) is 9.88 Å². The first-order valence-corrected chi connectivity index (χ1v) is 10.3. The maximum Gasteiger partial charge on any atom is 0.193 e. The molecule has 1 aromatic heterocycles. The number of hydrogen-bond donors (Lipinski definition) is 1. The maximum absolute atomic E-state index is 5.50. The van der Waals surface area contributed by atoms with Crippen LogP contribution in [0.3, 0.4) is 0 Å². The van der Waals surface area contributed by atoms with Crippen molar-refractivity contribution in [1.29, 1.82) is 0 Å². The Labute approximate surface area is 189 Å². The normalized spacial score (nSPS) is 14.6. The summed E-state index contributed by atoms with van der Waals surface area (Å²) < 4.78 is 5.50. The Balaban J connectivity index is 0.00000280. The highest BCUT2D eigenvalue weighted by molar-refractivity contribution is 14.0. The van der Waals surface area contributed by atoms with Crippen LogP contribution in [0.25, 0.3) is 0 Å². The smallest absolute Gasteiger partial charge is 0.193 e. The van der Waals surface area contributed by atoms with Gasteiger partial charge in [0.25, 0.3) is 0 Å². The molecule has 2 aromatic rings. The number of nitrogens with one attached hydrogen (secondary N) is 1. The lowest BCUT2D eigenvalue weighted by molar-refractivity contribution is 0.367. The molecule has 1 saturated heterocycles. The van der Waals surface area contributed by atoms with Gasteiger partial charge in [-0.05, 0) is 18.6 Å². The predicted octanol–water partition coefficient (Wildman–Crippen LogP) is 3.27. The van der Waals surface area contributed by atoms with E-state index in [0.29, 0.717) is 0 Å². The Bertz CT molecular complexity index is 759. The molecule has 0 spiro atoms. The van der Waals surface area contributed by atoms with Crippen molar-refractivity contribution in [2.75, 3.05) is 51.8 Å². The van der Waals surface area contributed by atoms with E-state index in [9.17, 15) is 0 Å². The Morgan fingerprint density at radius 3 is 2.64 bits per heavy atom. The third kappa shape index (κ3) is 5.73. The lowest BCUT2D eigenvalue weighted by Gasteiger charge is -2.38. The van der Waals surface area contributed by atoms with Crippen LogP contribution in [0.2, 0.25) is 0 Å². The number of aliphatic imine (C=N–C) groups is 1. The molecule has 0 atom stereocenters. The largest absolute Gasteiger partial charge is 0.495 e. The maximum atomic E-state index is 5.50. The van der Waals surface area contributed by atoms with Gasteiger partial charge in [0.05, 0.1) is 17.8 Å². The monoisotopic (exact) mass is 515 g/mol. The van der Waals surface area contributed by atoms with Crippen LogP contribution in [0.1, 0.15) is 16.8 Å². The van der Waals surface area contributed by atoms with Crippen molar-refractivity contribution < 1.29 is 4.74 Å². The Kier molecular flexibility index (Phi) is 9.30. The SMILES string of the molecule is CCc1cnc(CCNC(=NC)N2CCN(c3ccccc3OC)CC2)s1.I. The van der Waals surface area contributed by atoms with E-state index in [0.717, 1.165) is 63.0 Å². The molecule has 1 N–H and O–H groups in total. The molecular formula is C20H30IN5OS. The number of methoxy groups -OCH3 is 1. The summed E-state index contributed by atoms with van der Waals surface area (Å²) in [5, 5.41) is 4.68. The molecule has 0 bridgehead atoms. The van der Waals surface area contributed by atoms with Gasteiger partial charge in [0, 0.05) is 57.3 Å². The van der Waals surface area contributed by atoms with Crippen LogP contribution < -0.4 is 15.0 Å². The van der Waals surface area contributed by atoms with Gasteiger partial charge < -0.3 is 19.9 Å². The number of ether oxygens (including phenoxy) is 1. The molecule has 0 unspecified atom stereocenters. The van der Waals surface area contributed by atoms with Crippen LogP contribution >= 0.6 is 35.3 Å². The van der Waals surface area contributed by atoms with Gasteiger partial charge in [-0.1, -0.05) is 19.1 Å². The standard InChI is InChI=1S/C20H29N5OS.HI/c1-4-16-15-23-19(27-16)9-10-22-20(21-2)25-13-11-24(12-14-25)17-7-5-6-8-18(17)26-3;/h5-8,15H,4,9-14H2,1-3H3,(H,21,22);1H. The Morgan fingerprint density at radius 2 is 2.00 bits per heavy atom. The molecule has 1 aromatic carbocycles. The van der Waals surface area contributed by atoms with Gasteiger partial charge >= 0.3 is 0 Å². The van der Waals surface area contributed by atoms with Gasteiger partial charge in [0.1, 0.15) is 5.75 Å². The molecule has 0 saturated carbocycles. The average molecular weight is 515 g/mol. The second-order valence-electron chi connectivity index (χ2n) is 6.44. The van der Waals surface area contributed by atoms with Crippen LogP contribution in [0.15, 0.2) is 35.5 Å². The van der Waals surface area contributed by atoms with Crippen molar-refractivity contribution in [3.63, 3.8) is 0 Å². The number of anilines is 1. The van der Waals surface area contributed by atoms with Crippen LogP contribution in [0, 0.1) is 0 Å². The summed E-state index contributed by atoms with van der Waals surface area (Å²) in [4.78, 5) is 15.0. The van der Waals surface area contributed by atoms with Gasteiger partial charge in [-0.2, -0.15) is 0 Å². The summed E-state index contributed by atoms with van der Waals surface area (Å²) in [7, 11) is 3.58. The number of piperazine rings is 1. The summed E-state index contributed by atoms with van der Waals surface area (Å²) in [5.74, 6) is 1.91. The summed E-state index contributed by atoms with van der Waals surface area (Å²) in [5.41, 5.74) is 1.16. The van der Waals surface area contributed by atoms with Gasteiger partial charge in [-0.3, -0.25) is 4.99 Å². The number of aromatic nitrogens is 1. The van der Waals surface area contributed by atoms with Crippen LogP contribution in [-0.2, 0) is 12.8 Å². The number of guanidine groups is 1. The van der Waals surface area contributed by atoms with E-state index in [4.69, 9.17) is 4.74 Å². The van der Waals surface area contributed by atoms with E-state index in [2.05, 4.69) is 44.1 Å². The van der Waals surface area contributed by atoms with E-state index < -0.39 is 0 Å². The minimum absolute atomic E-state index is 0. The highest BCUT2D eigenvalue weighted by Crippen LogP contribution is 2.28. The minimum Gasteiger partial charge on any atom is -0.495 e. The third-order valence-corrected chi connectivity index (χ3v) is 5.99. The van der Waals surface area contributed by atoms with Crippen LogP contribution in [0.4, 0.5) is 5.69 Å². The van der Waals surface area contributed by atoms with Gasteiger partial charge in [0.2, 0.25) is 0 Å². The van der Waals surface area contributed by atoms with Gasteiger partial charge in [-0.15, -0.1) is 35.3 Å². The molecule has 28 heavy (non-hydrogen) atoms. The third-order valence-electron chi connectivity index (χ3n) is 4.79. The second-order valence-corrected chi connectivity index (χ2v) is 7.64. The zero-order valence-corrected chi connectivity index (χ0v) is 20.0. The van der Waals surface area contributed by atoms with Crippen molar-refractivity contribution in [1.82, 2.24) is 15.2 Å². The first-order valence-electron chi connectivity index (χ1n) is 9.52. The molecule has 3 rings (SSSR count). The average Bonchev–Trinajstić information content (AvgIpc) is 3.19. The minimum atomic E-state index is 0. The first kappa shape index (κ1) is 22.7. The molecule has 154 valence electrons. The molecule has 8 heteroatoms. The molecule has 1 aliphatic heterocycles. The molecular weight excluding hydrogens is 485 g/mol. The van der Waals surface area contributed by atoms with Crippen molar-refractivity contribution in [3.8, 4) is 5.75 Å². The number of thiazole rings is 1. The second kappa shape index (κ2) is 11.5. The first-order chi connectivity index (χ1) is 13.2. The highest BCUT2D eigenvalue weighted by Gasteiger charge is 2.21. The Morgan fingerprint density at radius 1 is 1.25 bits per heavy atom. The highest BCUT2D eigenvalue weighted by atomic mass is 127. The number of hydrogen-bond acceptors (Lipinski definition) is 5. The fraction of sp³-hybridized carbons (Fsp3) is 0.500. The Hall–Kier alpha value is -1.55. The summed E-state index contributed by atoms with van der Waals surface area (Å²) in [6, 6.07) is 8.22. The molecule has 1 aliphatic rings. The van der Waals surface area contributed by atoms with Crippen molar-refractivity contribution in [2.45, 2.75) is 19.8 Å². The topological polar surface area (TPSA) is 53.0 Å². The quantitative estimate of drug-likeness (QED) is 0.364. The number of rotatable bonds is 6. The molecule has 0 aliphatic carbocycles. The van der Waals surface area contributed by atoms with Crippen molar-refractivity contribution in [2.24, 2.45) is 4.99 Å². The number of nitrogens with zero attached hydrogens (tertiary/aromatic N) is 4. The van der Waals surface area contributed by atoms with E-state index in [1.807, 2.05) is 25.4 Å². The summed E-state index contributed by atoms with van der Waals surface area (Å²) >= 11 is 1.81. The molecule has 1 fully saturated rings. The van der Waals surface area contributed by atoms with Crippen molar-refractivity contribution in [3.05, 3.63) is 40.3 Å². The zero-order valence-electron chi connectivity index (χ0n) is 16.9. The lowest BCUT2D eigenvalue weighted by atomic mass is 10.2. The van der Waals surface area contributed by atoms with E-state index >= 15 is 0 Å². The molecule has 6 nitrogen and oxygen atoms in total. The molecule has 0 radical (unpaired) electrons. The predicted molar refractivity (Wildman–Crippen MR) is 129 cm³/mol. The fourth-order valence-electron chi connectivity index (χ4n) is 3.29. The summed E-state index contributed by atoms with van der Waals surface area (Å²) in [6.45, 7) is 6.81. The number of halogens is 1. The molecule has 2 heterocycles. The fourth-order valence-corrected chi connectivity index (χ4v) is 4.15. The number of para-hydroxylation sites is 2. The van der Waals surface area contributed by atoms with Crippen LogP contribution in [0.5, 0.6) is 5.75 Å². The summed E-state index contributed by atoms with van der Waals surface area (Å²) in [6.07, 6.45) is 3.99. The number of benzene rings is 1. The van der Waals surface area contributed by atoms with Crippen molar-refractivity contribution >= 4 is 47.0 Å². The van der Waals surface area contributed by atoms with E-state index in [1.54, 1.807) is 18.4 Å². The van der Waals surface area contributed by atoms with Crippen LogP contribution in [-0.4, -0.2) is 62.7 Å². The molecule has 0 amide bonds. The van der Waals surface area contributed by atoms with Gasteiger partial charge in [-0.25, -0.2) is 4.98 Å². The number of aryl methyl sites for hydroxylation is 1. The van der Waals surface area contributed by atoms with Gasteiger partial charge in [0.15, 0.2) is 5.96 Å².